The third kappa shape index (κ3) is 7.57. The first-order valence-electron chi connectivity index (χ1n) is 9.10. The summed E-state index contributed by atoms with van der Waals surface area (Å²) >= 11 is 0. The molecule has 1 heterocycles. The summed E-state index contributed by atoms with van der Waals surface area (Å²) in [6.45, 7) is 5.25. The molecular weight excluding hydrogens is 374 g/mol. The van der Waals surface area contributed by atoms with Crippen LogP contribution >= 0.6 is 0 Å². The fraction of sp³-hybridized carbons (Fsp3) is 0.350. The third-order valence-electron chi connectivity index (χ3n) is 3.67. The van der Waals surface area contributed by atoms with Crippen molar-refractivity contribution in [2.75, 3.05) is 5.32 Å². The summed E-state index contributed by atoms with van der Waals surface area (Å²) in [7, 11) is 0. The van der Waals surface area contributed by atoms with Crippen molar-refractivity contribution in [1.29, 1.82) is 0 Å². The average Bonchev–Trinajstić information content (AvgIpc) is 2.64. The zero-order valence-corrected chi connectivity index (χ0v) is 16.6. The normalized spacial score (nSPS) is 12.0. The second-order valence-electron chi connectivity index (χ2n) is 7.33. The number of primary amides is 1. The Morgan fingerprint density at radius 2 is 1.72 bits per heavy atom. The molecule has 0 aliphatic heterocycles. The minimum atomic E-state index is -0.981. The van der Waals surface area contributed by atoms with E-state index in [1.807, 2.05) is 0 Å². The van der Waals surface area contributed by atoms with Crippen LogP contribution in [-0.4, -0.2) is 39.4 Å². The van der Waals surface area contributed by atoms with E-state index in [-0.39, 0.29) is 12.8 Å². The highest BCUT2D eigenvalue weighted by Gasteiger charge is 2.22. The lowest BCUT2D eigenvalue weighted by atomic mass is 10.1. The average molecular weight is 399 g/mol. The van der Waals surface area contributed by atoms with Crippen LogP contribution in [0.1, 0.15) is 44.0 Å². The SMILES string of the molecule is CC(C)(C)OC(=O)CCC(NC(=O)c1ccc(Nc2ncccn2)cc1)C(N)=O. The number of nitrogens with two attached hydrogens (primary N) is 1. The Labute approximate surface area is 169 Å². The van der Waals surface area contributed by atoms with Crippen LogP contribution in [0.3, 0.4) is 0 Å². The fourth-order valence-corrected chi connectivity index (χ4v) is 2.38. The van der Waals surface area contributed by atoms with Crippen molar-refractivity contribution in [3.8, 4) is 0 Å². The van der Waals surface area contributed by atoms with Crippen LogP contribution in [0.25, 0.3) is 0 Å². The molecule has 4 N–H and O–H groups in total. The van der Waals surface area contributed by atoms with Gasteiger partial charge in [-0.1, -0.05) is 0 Å². The standard InChI is InChI=1S/C20H25N5O4/c1-20(2,3)29-16(26)10-9-15(17(21)27)25-18(28)13-5-7-14(8-6-13)24-19-22-11-4-12-23-19/h4-8,11-12,15H,9-10H2,1-3H3,(H2,21,27)(H,25,28)(H,22,23,24). The molecule has 0 radical (unpaired) electrons. The number of anilines is 2. The summed E-state index contributed by atoms with van der Waals surface area (Å²) in [6, 6.07) is 7.28. The maximum absolute atomic E-state index is 12.4. The number of esters is 1. The maximum atomic E-state index is 12.4. The molecule has 2 amide bonds. The van der Waals surface area contributed by atoms with Crippen LogP contribution in [0.5, 0.6) is 0 Å². The van der Waals surface area contributed by atoms with E-state index < -0.39 is 29.4 Å². The van der Waals surface area contributed by atoms with Crippen molar-refractivity contribution < 1.29 is 19.1 Å². The lowest BCUT2D eigenvalue weighted by molar-refractivity contribution is -0.155. The first kappa shape index (κ1) is 21.8. The minimum Gasteiger partial charge on any atom is -0.460 e. The number of hydrogen-bond donors (Lipinski definition) is 3. The third-order valence-corrected chi connectivity index (χ3v) is 3.67. The van der Waals surface area contributed by atoms with Crippen LogP contribution in [0, 0.1) is 0 Å². The van der Waals surface area contributed by atoms with Crippen molar-refractivity contribution >= 4 is 29.4 Å². The maximum Gasteiger partial charge on any atom is 0.306 e. The monoisotopic (exact) mass is 399 g/mol. The van der Waals surface area contributed by atoms with E-state index in [4.69, 9.17) is 10.5 Å². The van der Waals surface area contributed by atoms with Gasteiger partial charge >= 0.3 is 5.97 Å². The molecule has 1 aromatic carbocycles. The zero-order chi connectivity index (χ0) is 21.4. The van der Waals surface area contributed by atoms with E-state index in [0.717, 1.165) is 0 Å². The van der Waals surface area contributed by atoms with Gasteiger partial charge in [-0.2, -0.15) is 0 Å². The Bertz CT molecular complexity index is 847. The number of aromatic nitrogens is 2. The Balaban J connectivity index is 1.93. The van der Waals surface area contributed by atoms with Gasteiger partial charge in [0.2, 0.25) is 11.9 Å². The molecule has 0 saturated carbocycles. The van der Waals surface area contributed by atoms with E-state index in [1.54, 1.807) is 63.5 Å². The predicted octanol–water partition coefficient (Wildman–Crippen LogP) is 1.93. The number of nitrogens with one attached hydrogen (secondary N) is 2. The number of amides is 2. The van der Waals surface area contributed by atoms with Gasteiger partial charge in [0, 0.05) is 30.1 Å². The molecule has 1 aromatic heterocycles. The number of hydrogen-bond acceptors (Lipinski definition) is 7. The first-order valence-corrected chi connectivity index (χ1v) is 9.10. The Morgan fingerprint density at radius 1 is 1.10 bits per heavy atom. The smallest absolute Gasteiger partial charge is 0.306 e. The highest BCUT2D eigenvalue weighted by molar-refractivity contribution is 5.97. The van der Waals surface area contributed by atoms with Crippen molar-refractivity contribution in [3.63, 3.8) is 0 Å². The summed E-state index contributed by atoms with van der Waals surface area (Å²) in [4.78, 5) is 44.0. The van der Waals surface area contributed by atoms with E-state index in [2.05, 4.69) is 20.6 Å². The summed E-state index contributed by atoms with van der Waals surface area (Å²) < 4.78 is 5.20. The van der Waals surface area contributed by atoms with Gasteiger partial charge in [0.25, 0.3) is 5.91 Å². The second kappa shape index (κ2) is 9.63. The van der Waals surface area contributed by atoms with Crippen LogP contribution in [0.2, 0.25) is 0 Å². The molecule has 0 bridgehead atoms. The molecule has 1 unspecified atom stereocenters. The molecule has 0 aliphatic carbocycles. The van der Waals surface area contributed by atoms with Crippen molar-refractivity contribution in [2.45, 2.75) is 45.3 Å². The van der Waals surface area contributed by atoms with Crippen molar-refractivity contribution in [1.82, 2.24) is 15.3 Å². The molecule has 2 aromatic rings. The van der Waals surface area contributed by atoms with Gasteiger partial charge in [0.1, 0.15) is 11.6 Å². The van der Waals surface area contributed by atoms with Crippen LogP contribution in [-0.2, 0) is 14.3 Å². The number of ether oxygens (including phenoxy) is 1. The van der Waals surface area contributed by atoms with Gasteiger partial charge in [-0.3, -0.25) is 14.4 Å². The van der Waals surface area contributed by atoms with Crippen LogP contribution in [0.4, 0.5) is 11.6 Å². The summed E-state index contributed by atoms with van der Waals surface area (Å²) in [5, 5.41) is 5.55. The van der Waals surface area contributed by atoms with Gasteiger partial charge in [-0.05, 0) is 57.5 Å². The zero-order valence-electron chi connectivity index (χ0n) is 16.6. The molecule has 0 spiro atoms. The second-order valence-corrected chi connectivity index (χ2v) is 7.33. The van der Waals surface area contributed by atoms with Crippen LogP contribution < -0.4 is 16.4 Å². The number of carbonyl (C=O) groups excluding carboxylic acids is 3. The number of nitrogens with zero attached hydrogens (tertiary/aromatic N) is 2. The molecule has 9 nitrogen and oxygen atoms in total. The molecule has 0 fully saturated rings. The number of carbonyl (C=O) groups is 3. The molecule has 154 valence electrons. The van der Waals surface area contributed by atoms with E-state index in [0.29, 0.717) is 17.2 Å². The summed E-state index contributed by atoms with van der Waals surface area (Å²) in [5.41, 5.74) is 5.77. The Morgan fingerprint density at radius 3 is 2.28 bits per heavy atom. The molecule has 9 heteroatoms. The lowest BCUT2D eigenvalue weighted by Crippen LogP contribution is -2.44. The largest absolute Gasteiger partial charge is 0.460 e. The van der Waals surface area contributed by atoms with E-state index >= 15 is 0 Å². The van der Waals surface area contributed by atoms with Gasteiger partial charge in [-0.25, -0.2) is 9.97 Å². The highest BCUT2D eigenvalue weighted by Crippen LogP contribution is 2.14. The Hall–Kier alpha value is -3.49. The molecule has 1 atom stereocenters. The van der Waals surface area contributed by atoms with E-state index in [9.17, 15) is 14.4 Å². The van der Waals surface area contributed by atoms with Crippen molar-refractivity contribution in [3.05, 3.63) is 48.3 Å². The Kier molecular flexibility index (Phi) is 7.24. The summed E-state index contributed by atoms with van der Waals surface area (Å²) in [5.74, 6) is -1.22. The molecule has 0 aliphatic rings. The predicted molar refractivity (Wildman–Crippen MR) is 107 cm³/mol. The number of rotatable bonds is 8. The van der Waals surface area contributed by atoms with Gasteiger partial charge in [0.05, 0.1) is 0 Å². The van der Waals surface area contributed by atoms with Crippen molar-refractivity contribution in [2.24, 2.45) is 5.73 Å². The van der Waals surface area contributed by atoms with Gasteiger partial charge < -0.3 is 21.1 Å². The summed E-state index contributed by atoms with van der Waals surface area (Å²) in [6.07, 6.45) is 3.24. The lowest BCUT2D eigenvalue weighted by Gasteiger charge is -2.20. The van der Waals surface area contributed by atoms with E-state index in [1.165, 1.54) is 0 Å². The molecular formula is C20H25N5O4. The quantitative estimate of drug-likeness (QED) is 0.577. The first-order chi connectivity index (χ1) is 13.6. The fourth-order valence-electron chi connectivity index (χ4n) is 2.38. The molecule has 2 rings (SSSR count). The topological polar surface area (TPSA) is 136 Å². The van der Waals surface area contributed by atoms with Crippen LogP contribution in [0.15, 0.2) is 42.7 Å². The highest BCUT2D eigenvalue weighted by atomic mass is 16.6. The molecule has 0 saturated heterocycles. The minimum absolute atomic E-state index is 0.0366. The van der Waals surface area contributed by atoms with Gasteiger partial charge in [0.15, 0.2) is 0 Å². The molecule has 29 heavy (non-hydrogen) atoms. The number of benzene rings is 1. The van der Waals surface area contributed by atoms with Gasteiger partial charge in [-0.15, -0.1) is 0 Å².